The lowest BCUT2D eigenvalue weighted by Gasteiger charge is -2.06. The number of H-pyrrole nitrogens is 1. The van der Waals surface area contributed by atoms with E-state index in [0.717, 1.165) is 28.0 Å². The molecule has 4 rings (SSSR count). The molecule has 2 aromatic heterocycles. The summed E-state index contributed by atoms with van der Waals surface area (Å²) in [6.07, 6.45) is 1.58. The Kier molecular flexibility index (Phi) is 4.19. The molecule has 0 aliphatic carbocycles. The third kappa shape index (κ3) is 3.47. The minimum absolute atomic E-state index is 0.182. The molecule has 0 aliphatic rings. The average molecular weight is 346 g/mol. The Labute approximate surface area is 150 Å². The van der Waals surface area contributed by atoms with Crippen LogP contribution >= 0.6 is 0 Å². The maximum Gasteiger partial charge on any atom is 0.268 e. The molecule has 2 N–H and O–H groups in total. The van der Waals surface area contributed by atoms with Crippen molar-refractivity contribution in [1.82, 2.24) is 10.3 Å². The highest BCUT2D eigenvalue weighted by Gasteiger charge is 2.11. The first kappa shape index (κ1) is 16.0. The highest BCUT2D eigenvalue weighted by molar-refractivity contribution is 5.98. The Hall–Kier alpha value is -3.47. The fourth-order valence-electron chi connectivity index (χ4n) is 2.79. The van der Waals surface area contributed by atoms with Gasteiger partial charge in [-0.15, -0.1) is 0 Å². The number of aromatic amines is 1. The predicted molar refractivity (Wildman–Crippen MR) is 99.4 cm³/mol. The lowest BCUT2D eigenvalue weighted by molar-refractivity contribution is 0.0944. The van der Waals surface area contributed by atoms with E-state index in [9.17, 15) is 4.79 Å². The van der Waals surface area contributed by atoms with Crippen molar-refractivity contribution in [3.05, 3.63) is 83.9 Å². The fraction of sp³-hybridized carbons (Fsp3) is 0.0952. The molecule has 0 bridgehead atoms. The van der Waals surface area contributed by atoms with Crippen LogP contribution in [0.3, 0.4) is 0 Å². The van der Waals surface area contributed by atoms with Crippen molar-refractivity contribution in [1.29, 1.82) is 0 Å². The molecule has 0 fully saturated rings. The van der Waals surface area contributed by atoms with Gasteiger partial charge in [0.25, 0.3) is 5.91 Å². The van der Waals surface area contributed by atoms with Crippen molar-refractivity contribution >= 4 is 16.8 Å². The molecule has 4 aromatic rings. The monoisotopic (exact) mass is 346 g/mol. The van der Waals surface area contributed by atoms with E-state index in [4.69, 9.17) is 9.15 Å². The summed E-state index contributed by atoms with van der Waals surface area (Å²) in [6, 6.07) is 19.0. The molecule has 2 aromatic carbocycles. The molecule has 0 saturated carbocycles. The van der Waals surface area contributed by atoms with Gasteiger partial charge in [0, 0.05) is 10.9 Å². The van der Waals surface area contributed by atoms with Crippen molar-refractivity contribution < 1.29 is 13.9 Å². The van der Waals surface area contributed by atoms with Crippen LogP contribution in [0.1, 0.15) is 21.8 Å². The first-order valence-corrected chi connectivity index (χ1v) is 8.35. The lowest BCUT2D eigenvalue weighted by atomic mass is 10.2. The number of furan rings is 1. The quantitative estimate of drug-likeness (QED) is 0.546. The van der Waals surface area contributed by atoms with E-state index in [0.29, 0.717) is 18.0 Å². The zero-order valence-electron chi connectivity index (χ0n) is 14.3. The number of amides is 1. The second kappa shape index (κ2) is 6.80. The zero-order chi connectivity index (χ0) is 17.9. The number of carbonyl (C=O) groups is 1. The second-order valence-electron chi connectivity index (χ2n) is 6.11. The Balaban J connectivity index is 1.51. The van der Waals surface area contributed by atoms with E-state index in [2.05, 4.69) is 10.3 Å². The Morgan fingerprint density at radius 2 is 1.96 bits per heavy atom. The summed E-state index contributed by atoms with van der Waals surface area (Å²) in [6.45, 7) is 2.37. The third-order valence-electron chi connectivity index (χ3n) is 4.07. The van der Waals surface area contributed by atoms with Crippen LogP contribution in [-0.2, 0) is 6.54 Å². The number of rotatable bonds is 5. The predicted octanol–water partition coefficient (Wildman–Crippen LogP) is 4.79. The number of hydrogen-bond donors (Lipinski definition) is 2. The van der Waals surface area contributed by atoms with E-state index in [1.54, 1.807) is 12.3 Å². The number of hydrogen-bond acceptors (Lipinski definition) is 3. The molecule has 0 radical (unpaired) electrons. The summed E-state index contributed by atoms with van der Waals surface area (Å²) < 4.78 is 11.1. The third-order valence-corrected chi connectivity index (χ3v) is 4.07. The van der Waals surface area contributed by atoms with Crippen molar-refractivity contribution in [2.45, 2.75) is 13.5 Å². The standard InChI is InChI=1S/C21H18N2O3/c1-14-4-2-5-16(10-14)26-17-7-8-19-15(11-17)12-20(23-19)21(24)22-13-18-6-3-9-25-18/h2-12,23H,13H2,1H3,(H,22,24). The van der Waals surface area contributed by atoms with Gasteiger partial charge in [-0.05, 0) is 61.0 Å². The van der Waals surface area contributed by atoms with E-state index in [-0.39, 0.29) is 5.91 Å². The lowest BCUT2D eigenvalue weighted by Crippen LogP contribution is -2.22. The summed E-state index contributed by atoms with van der Waals surface area (Å²) >= 11 is 0. The van der Waals surface area contributed by atoms with Crippen LogP contribution in [0.4, 0.5) is 0 Å². The van der Waals surface area contributed by atoms with Crippen LogP contribution in [0.25, 0.3) is 10.9 Å². The van der Waals surface area contributed by atoms with E-state index < -0.39 is 0 Å². The van der Waals surface area contributed by atoms with Crippen LogP contribution < -0.4 is 10.1 Å². The minimum atomic E-state index is -0.182. The number of aromatic nitrogens is 1. The molecule has 0 spiro atoms. The molecule has 130 valence electrons. The molecule has 26 heavy (non-hydrogen) atoms. The summed E-state index contributed by atoms with van der Waals surface area (Å²) in [5.41, 5.74) is 2.52. The largest absolute Gasteiger partial charge is 0.467 e. The molecule has 0 atom stereocenters. The van der Waals surface area contributed by atoms with Crippen LogP contribution in [0.2, 0.25) is 0 Å². The maximum absolute atomic E-state index is 12.3. The summed E-state index contributed by atoms with van der Waals surface area (Å²) in [5, 5.41) is 3.74. The van der Waals surface area contributed by atoms with Gasteiger partial charge in [0.2, 0.25) is 0 Å². The first-order chi connectivity index (χ1) is 12.7. The number of aryl methyl sites for hydroxylation is 1. The van der Waals surface area contributed by atoms with Gasteiger partial charge >= 0.3 is 0 Å². The Morgan fingerprint density at radius 3 is 2.77 bits per heavy atom. The van der Waals surface area contributed by atoms with Gasteiger partial charge in [-0.2, -0.15) is 0 Å². The summed E-state index contributed by atoms with van der Waals surface area (Å²) in [4.78, 5) is 15.4. The molecule has 5 nitrogen and oxygen atoms in total. The van der Waals surface area contributed by atoms with E-state index >= 15 is 0 Å². The average Bonchev–Trinajstić information content (AvgIpc) is 3.29. The smallest absolute Gasteiger partial charge is 0.268 e. The molecule has 0 unspecified atom stereocenters. The van der Waals surface area contributed by atoms with Gasteiger partial charge in [-0.3, -0.25) is 4.79 Å². The zero-order valence-corrected chi connectivity index (χ0v) is 14.3. The van der Waals surface area contributed by atoms with Gasteiger partial charge in [0.15, 0.2) is 0 Å². The van der Waals surface area contributed by atoms with E-state index in [1.807, 2.05) is 61.5 Å². The molecule has 0 saturated heterocycles. The molecule has 5 heteroatoms. The number of ether oxygens (including phenoxy) is 1. The van der Waals surface area contributed by atoms with Crippen LogP contribution in [0, 0.1) is 6.92 Å². The number of nitrogens with one attached hydrogen (secondary N) is 2. The SMILES string of the molecule is Cc1cccc(Oc2ccc3[nH]c(C(=O)NCc4ccco4)cc3c2)c1. The van der Waals surface area contributed by atoms with Gasteiger partial charge in [0.05, 0.1) is 12.8 Å². The fourth-order valence-corrected chi connectivity index (χ4v) is 2.79. The number of carbonyl (C=O) groups excluding carboxylic acids is 1. The van der Waals surface area contributed by atoms with Crippen LogP contribution in [0.15, 0.2) is 71.3 Å². The van der Waals surface area contributed by atoms with Crippen LogP contribution in [0.5, 0.6) is 11.5 Å². The van der Waals surface area contributed by atoms with Gasteiger partial charge in [-0.1, -0.05) is 12.1 Å². The first-order valence-electron chi connectivity index (χ1n) is 8.35. The van der Waals surface area contributed by atoms with Gasteiger partial charge < -0.3 is 19.5 Å². The highest BCUT2D eigenvalue weighted by Crippen LogP contribution is 2.26. The van der Waals surface area contributed by atoms with Crippen molar-refractivity contribution in [3.63, 3.8) is 0 Å². The van der Waals surface area contributed by atoms with Crippen molar-refractivity contribution in [2.24, 2.45) is 0 Å². The maximum atomic E-state index is 12.3. The number of fused-ring (bicyclic) bond motifs is 1. The van der Waals surface area contributed by atoms with Crippen molar-refractivity contribution in [2.75, 3.05) is 0 Å². The number of benzene rings is 2. The normalized spacial score (nSPS) is 10.8. The molecule has 0 aliphatic heterocycles. The summed E-state index contributed by atoms with van der Waals surface area (Å²) in [5.74, 6) is 2.04. The van der Waals surface area contributed by atoms with Gasteiger partial charge in [-0.25, -0.2) is 0 Å². The second-order valence-corrected chi connectivity index (χ2v) is 6.11. The summed E-state index contributed by atoms with van der Waals surface area (Å²) in [7, 11) is 0. The molecule has 1 amide bonds. The molecular formula is C21H18N2O3. The van der Waals surface area contributed by atoms with Crippen molar-refractivity contribution in [3.8, 4) is 11.5 Å². The minimum Gasteiger partial charge on any atom is -0.467 e. The topological polar surface area (TPSA) is 67.3 Å². The Bertz CT molecular complexity index is 1050. The molecule has 2 heterocycles. The van der Waals surface area contributed by atoms with Crippen LogP contribution in [-0.4, -0.2) is 10.9 Å². The molecular weight excluding hydrogens is 328 g/mol. The van der Waals surface area contributed by atoms with E-state index in [1.165, 1.54) is 0 Å². The highest BCUT2D eigenvalue weighted by atomic mass is 16.5. The Morgan fingerprint density at radius 1 is 1.08 bits per heavy atom. The van der Waals surface area contributed by atoms with Gasteiger partial charge in [0.1, 0.15) is 23.0 Å².